The van der Waals surface area contributed by atoms with Gasteiger partial charge in [-0.25, -0.2) is 0 Å². The fourth-order valence-corrected chi connectivity index (χ4v) is 2.37. The standard InChI is InChI=1S/C14H21BrO/c1-2-6-13(11-15)9-10-16-12-14-7-4-3-5-8-14/h3-5,7-8,13H,2,6,9-12H2,1H3. The van der Waals surface area contributed by atoms with Crippen LogP contribution in [0.4, 0.5) is 0 Å². The highest BCUT2D eigenvalue weighted by Gasteiger charge is 2.05. The van der Waals surface area contributed by atoms with Gasteiger partial charge in [0.2, 0.25) is 0 Å². The van der Waals surface area contributed by atoms with Gasteiger partial charge in [0.1, 0.15) is 0 Å². The third kappa shape index (κ3) is 5.66. The Morgan fingerprint density at radius 1 is 1.19 bits per heavy atom. The van der Waals surface area contributed by atoms with Crippen LogP contribution in [0.25, 0.3) is 0 Å². The van der Waals surface area contributed by atoms with Gasteiger partial charge in [-0.05, 0) is 24.3 Å². The zero-order valence-corrected chi connectivity index (χ0v) is 11.6. The van der Waals surface area contributed by atoms with Crippen LogP contribution < -0.4 is 0 Å². The second-order valence-corrected chi connectivity index (χ2v) is 4.78. The molecule has 0 aliphatic rings. The monoisotopic (exact) mass is 284 g/mol. The van der Waals surface area contributed by atoms with Crippen molar-refractivity contribution in [2.45, 2.75) is 32.8 Å². The predicted octanol–water partition coefficient (Wildman–Crippen LogP) is 4.40. The smallest absolute Gasteiger partial charge is 0.0716 e. The van der Waals surface area contributed by atoms with E-state index in [1.165, 1.54) is 18.4 Å². The molecule has 0 N–H and O–H groups in total. The van der Waals surface area contributed by atoms with Crippen molar-refractivity contribution in [3.05, 3.63) is 35.9 Å². The third-order valence-corrected chi connectivity index (χ3v) is 3.61. The van der Waals surface area contributed by atoms with Crippen molar-refractivity contribution < 1.29 is 4.74 Å². The lowest BCUT2D eigenvalue weighted by molar-refractivity contribution is 0.108. The second kappa shape index (κ2) is 8.77. The van der Waals surface area contributed by atoms with Gasteiger partial charge < -0.3 is 4.74 Å². The molecule has 0 heterocycles. The van der Waals surface area contributed by atoms with Crippen molar-refractivity contribution in [2.75, 3.05) is 11.9 Å². The van der Waals surface area contributed by atoms with Crippen LogP contribution in [0.15, 0.2) is 30.3 Å². The third-order valence-electron chi connectivity index (χ3n) is 2.70. The van der Waals surface area contributed by atoms with Crippen LogP contribution in [0.3, 0.4) is 0 Å². The normalized spacial score (nSPS) is 12.6. The molecule has 1 atom stereocenters. The summed E-state index contributed by atoms with van der Waals surface area (Å²) >= 11 is 3.56. The van der Waals surface area contributed by atoms with E-state index in [0.29, 0.717) is 0 Å². The summed E-state index contributed by atoms with van der Waals surface area (Å²) < 4.78 is 5.68. The SMILES string of the molecule is CCCC(CBr)CCOCc1ccccc1. The van der Waals surface area contributed by atoms with E-state index in [1.54, 1.807) is 0 Å². The Balaban J connectivity index is 2.11. The first-order valence-corrected chi connectivity index (χ1v) is 7.16. The van der Waals surface area contributed by atoms with Gasteiger partial charge in [-0.3, -0.25) is 0 Å². The average Bonchev–Trinajstić information content (AvgIpc) is 2.34. The molecule has 0 radical (unpaired) electrons. The molecule has 1 unspecified atom stereocenters. The molecular weight excluding hydrogens is 264 g/mol. The molecule has 0 amide bonds. The highest BCUT2D eigenvalue weighted by atomic mass is 79.9. The molecule has 0 aliphatic heterocycles. The number of hydrogen-bond acceptors (Lipinski definition) is 1. The van der Waals surface area contributed by atoms with Crippen molar-refractivity contribution in [3.63, 3.8) is 0 Å². The summed E-state index contributed by atoms with van der Waals surface area (Å²) in [5, 5.41) is 1.09. The maximum absolute atomic E-state index is 5.68. The number of rotatable bonds is 8. The molecule has 0 aromatic heterocycles. The lowest BCUT2D eigenvalue weighted by Crippen LogP contribution is -2.06. The van der Waals surface area contributed by atoms with Crippen molar-refractivity contribution in [2.24, 2.45) is 5.92 Å². The lowest BCUT2D eigenvalue weighted by Gasteiger charge is -2.12. The van der Waals surface area contributed by atoms with Gasteiger partial charge in [-0.15, -0.1) is 0 Å². The summed E-state index contributed by atoms with van der Waals surface area (Å²) in [7, 11) is 0. The molecule has 90 valence electrons. The number of hydrogen-bond donors (Lipinski definition) is 0. The number of ether oxygens (including phenoxy) is 1. The molecule has 0 spiro atoms. The minimum Gasteiger partial charge on any atom is -0.377 e. The molecule has 16 heavy (non-hydrogen) atoms. The Bertz CT molecular complexity index is 261. The van der Waals surface area contributed by atoms with Crippen LogP contribution in [0.2, 0.25) is 0 Å². The molecule has 0 saturated heterocycles. The molecule has 1 nitrogen and oxygen atoms in total. The summed E-state index contributed by atoms with van der Waals surface area (Å²) in [5.74, 6) is 0.765. The van der Waals surface area contributed by atoms with E-state index in [1.807, 2.05) is 6.07 Å². The lowest BCUT2D eigenvalue weighted by atomic mass is 10.0. The fourth-order valence-electron chi connectivity index (χ4n) is 1.72. The number of benzene rings is 1. The topological polar surface area (TPSA) is 9.23 Å². The predicted molar refractivity (Wildman–Crippen MR) is 72.9 cm³/mol. The van der Waals surface area contributed by atoms with Crippen LogP contribution >= 0.6 is 15.9 Å². The van der Waals surface area contributed by atoms with E-state index >= 15 is 0 Å². The second-order valence-electron chi connectivity index (χ2n) is 4.14. The molecule has 1 rings (SSSR count). The first kappa shape index (κ1) is 13.7. The summed E-state index contributed by atoms with van der Waals surface area (Å²) in [6.45, 7) is 3.84. The maximum Gasteiger partial charge on any atom is 0.0716 e. The Morgan fingerprint density at radius 3 is 2.56 bits per heavy atom. The van der Waals surface area contributed by atoms with Crippen molar-refractivity contribution >= 4 is 15.9 Å². The molecule has 0 fully saturated rings. The maximum atomic E-state index is 5.68. The minimum absolute atomic E-state index is 0.738. The van der Waals surface area contributed by atoms with E-state index in [2.05, 4.69) is 47.1 Å². The van der Waals surface area contributed by atoms with Crippen molar-refractivity contribution in [1.29, 1.82) is 0 Å². The van der Waals surface area contributed by atoms with Crippen molar-refractivity contribution in [1.82, 2.24) is 0 Å². The molecular formula is C14H21BrO. The number of alkyl halides is 1. The largest absolute Gasteiger partial charge is 0.377 e. The quantitative estimate of drug-likeness (QED) is 0.508. The fraction of sp³-hybridized carbons (Fsp3) is 0.571. The number of halogens is 1. The van der Waals surface area contributed by atoms with Gasteiger partial charge in [0.25, 0.3) is 0 Å². The average molecular weight is 285 g/mol. The first-order valence-electron chi connectivity index (χ1n) is 6.04. The van der Waals surface area contributed by atoms with Crippen LogP contribution in [-0.4, -0.2) is 11.9 Å². The van der Waals surface area contributed by atoms with Crippen molar-refractivity contribution in [3.8, 4) is 0 Å². The Labute approximate surface area is 107 Å². The highest BCUT2D eigenvalue weighted by Crippen LogP contribution is 2.14. The summed E-state index contributed by atoms with van der Waals surface area (Å²) in [6.07, 6.45) is 3.71. The van der Waals surface area contributed by atoms with Gasteiger partial charge in [-0.2, -0.15) is 0 Å². The molecule has 0 saturated carbocycles. The van der Waals surface area contributed by atoms with E-state index in [4.69, 9.17) is 4.74 Å². The zero-order valence-electron chi connectivity index (χ0n) is 9.99. The Morgan fingerprint density at radius 2 is 1.94 bits per heavy atom. The Kier molecular flexibility index (Phi) is 7.52. The summed E-state index contributed by atoms with van der Waals surface area (Å²) in [4.78, 5) is 0. The van der Waals surface area contributed by atoms with Crippen LogP contribution in [0.1, 0.15) is 31.7 Å². The van der Waals surface area contributed by atoms with Gasteiger partial charge in [-0.1, -0.05) is 59.6 Å². The molecule has 1 aromatic rings. The van der Waals surface area contributed by atoms with Gasteiger partial charge in [0.15, 0.2) is 0 Å². The van der Waals surface area contributed by atoms with E-state index in [0.717, 1.165) is 30.9 Å². The van der Waals surface area contributed by atoms with Gasteiger partial charge in [0, 0.05) is 11.9 Å². The summed E-state index contributed by atoms with van der Waals surface area (Å²) in [6, 6.07) is 10.3. The zero-order chi connectivity index (χ0) is 11.6. The van der Waals surface area contributed by atoms with Crippen LogP contribution in [0, 0.1) is 5.92 Å². The summed E-state index contributed by atoms with van der Waals surface area (Å²) in [5.41, 5.74) is 1.26. The van der Waals surface area contributed by atoms with Gasteiger partial charge >= 0.3 is 0 Å². The molecule has 0 aliphatic carbocycles. The van der Waals surface area contributed by atoms with E-state index in [-0.39, 0.29) is 0 Å². The first-order chi connectivity index (χ1) is 7.86. The minimum atomic E-state index is 0.738. The highest BCUT2D eigenvalue weighted by molar-refractivity contribution is 9.09. The molecule has 1 aromatic carbocycles. The molecule has 0 bridgehead atoms. The molecule has 2 heteroatoms. The van der Waals surface area contributed by atoms with Crippen LogP contribution in [-0.2, 0) is 11.3 Å². The van der Waals surface area contributed by atoms with E-state index in [9.17, 15) is 0 Å². The van der Waals surface area contributed by atoms with Gasteiger partial charge in [0.05, 0.1) is 6.61 Å². The Hall–Kier alpha value is -0.340. The van der Waals surface area contributed by atoms with Crippen LogP contribution in [0.5, 0.6) is 0 Å². The van der Waals surface area contributed by atoms with E-state index < -0.39 is 0 Å².